The Kier molecular flexibility index (Phi) is 10.7. The molecular formula is C35H36F3N5O5S. The first kappa shape index (κ1) is 34.6. The number of benzene rings is 3. The molecule has 0 aliphatic carbocycles. The van der Waals surface area contributed by atoms with E-state index in [0.29, 0.717) is 22.2 Å². The summed E-state index contributed by atoms with van der Waals surface area (Å²) in [5.74, 6) is -2.00. The van der Waals surface area contributed by atoms with Gasteiger partial charge in [0.25, 0.3) is 0 Å². The van der Waals surface area contributed by atoms with Gasteiger partial charge in [-0.2, -0.15) is 18.3 Å². The molecule has 3 heterocycles. The van der Waals surface area contributed by atoms with Crippen LogP contribution in [0.1, 0.15) is 54.4 Å². The number of hydrogen-bond acceptors (Lipinski definition) is 8. The summed E-state index contributed by atoms with van der Waals surface area (Å²) in [6.07, 6.45) is -4.23. The molecule has 1 aromatic heterocycles. The minimum Gasteiger partial charge on any atom is -0.392 e. The predicted molar refractivity (Wildman–Crippen MR) is 175 cm³/mol. The van der Waals surface area contributed by atoms with Crippen LogP contribution in [0.5, 0.6) is 0 Å². The molecule has 0 unspecified atom stereocenters. The van der Waals surface area contributed by atoms with Gasteiger partial charge in [0.15, 0.2) is 11.4 Å². The van der Waals surface area contributed by atoms with E-state index in [1.54, 1.807) is 0 Å². The van der Waals surface area contributed by atoms with Crippen molar-refractivity contribution in [1.82, 2.24) is 25.4 Å². The van der Waals surface area contributed by atoms with Crippen LogP contribution < -0.4 is 5.32 Å². The highest BCUT2D eigenvalue weighted by Crippen LogP contribution is 2.43. The third-order valence-corrected chi connectivity index (χ3v) is 9.81. The number of aromatic amines is 1. The number of aromatic nitrogens is 3. The van der Waals surface area contributed by atoms with E-state index in [2.05, 4.69) is 27.4 Å². The molecule has 258 valence electrons. The van der Waals surface area contributed by atoms with Crippen LogP contribution in [0.25, 0.3) is 11.1 Å². The summed E-state index contributed by atoms with van der Waals surface area (Å²) in [4.78, 5) is 29.5. The average Bonchev–Trinajstić information content (AvgIpc) is 3.83. The zero-order valence-corrected chi connectivity index (χ0v) is 27.4. The molecule has 0 saturated carbocycles. The number of rotatable bonds is 10. The van der Waals surface area contributed by atoms with Crippen molar-refractivity contribution in [3.05, 3.63) is 101 Å². The molecule has 6 rings (SSSR count). The van der Waals surface area contributed by atoms with Crippen molar-refractivity contribution in [3.63, 3.8) is 0 Å². The Bertz CT molecular complexity index is 1740. The summed E-state index contributed by atoms with van der Waals surface area (Å²) < 4.78 is 52.3. The van der Waals surface area contributed by atoms with E-state index in [1.807, 2.05) is 72.8 Å². The summed E-state index contributed by atoms with van der Waals surface area (Å²) in [5.41, 5.74) is 5.08. The van der Waals surface area contributed by atoms with Gasteiger partial charge in [-0.15, -0.1) is 0 Å². The van der Waals surface area contributed by atoms with Crippen molar-refractivity contribution < 1.29 is 37.3 Å². The molecule has 3 N–H and O–H groups in total. The Labute approximate surface area is 285 Å². The number of alkyl halides is 3. The normalized spacial score (nSPS) is 22.6. The molecule has 5 atom stereocenters. The maximum absolute atomic E-state index is 13.0. The fourth-order valence-corrected chi connectivity index (χ4v) is 7.16. The average molecular weight is 696 g/mol. The Morgan fingerprint density at radius 2 is 1.78 bits per heavy atom. The van der Waals surface area contributed by atoms with E-state index < -0.39 is 30.3 Å². The van der Waals surface area contributed by atoms with Crippen LogP contribution in [0.4, 0.5) is 13.2 Å². The summed E-state index contributed by atoms with van der Waals surface area (Å²) in [6.45, 7) is 2.02. The molecule has 4 aromatic rings. The zero-order valence-electron chi connectivity index (χ0n) is 26.6. The second-order valence-corrected chi connectivity index (χ2v) is 13.1. The van der Waals surface area contributed by atoms with Crippen LogP contribution in [0.3, 0.4) is 0 Å². The van der Waals surface area contributed by atoms with Crippen molar-refractivity contribution in [2.24, 2.45) is 5.92 Å². The third kappa shape index (κ3) is 8.15. The van der Waals surface area contributed by atoms with Gasteiger partial charge < -0.3 is 24.8 Å². The second-order valence-electron chi connectivity index (χ2n) is 12.1. The van der Waals surface area contributed by atoms with E-state index in [0.717, 1.165) is 33.4 Å². The lowest BCUT2D eigenvalue weighted by Gasteiger charge is -2.41. The summed E-state index contributed by atoms with van der Waals surface area (Å²) >= 11 is 1.51. The second kappa shape index (κ2) is 15.1. The van der Waals surface area contributed by atoms with Gasteiger partial charge >= 0.3 is 12.1 Å². The minimum atomic E-state index is -5.03. The van der Waals surface area contributed by atoms with Gasteiger partial charge in [-0.05, 0) is 52.8 Å². The van der Waals surface area contributed by atoms with Crippen LogP contribution in [-0.4, -0.2) is 67.6 Å². The first-order valence-corrected chi connectivity index (χ1v) is 16.9. The SMILES string of the molecule is C[C@H]1[C@@H](CSc2ncn[nH]2)O[C@@H](c2cccc(-c3cccc(CNC(=O)[C@@H]4CCCN4C(=O)C(F)(F)F)c3)c2)O[C@H]1c1ccc(CO)cc1. The van der Waals surface area contributed by atoms with Gasteiger partial charge in [-0.25, -0.2) is 4.98 Å². The molecule has 49 heavy (non-hydrogen) atoms. The number of ether oxygens (including phenoxy) is 2. The molecule has 2 saturated heterocycles. The Morgan fingerprint density at radius 3 is 2.49 bits per heavy atom. The number of nitrogens with one attached hydrogen (secondary N) is 2. The molecule has 0 bridgehead atoms. The molecule has 2 aliphatic heterocycles. The Balaban J connectivity index is 1.18. The number of aliphatic hydroxyl groups is 1. The molecule has 2 aliphatic rings. The third-order valence-electron chi connectivity index (χ3n) is 8.85. The van der Waals surface area contributed by atoms with Gasteiger partial charge in [0, 0.05) is 30.3 Å². The fourth-order valence-electron chi connectivity index (χ4n) is 6.21. The molecular weight excluding hydrogens is 659 g/mol. The smallest absolute Gasteiger partial charge is 0.392 e. The van der Waals surface area contributed by atoms with Crippen LogP contribution in [0.15, 0.2) is 84.3 Å². The summed E-state index contributed by atoms with van der Waals surface area (Å²) in [5, 5.41) is 19.7. The number of halogens is 3. The van der Waals surface area contributed by atoms with Crippen LogP contribution in [0, 0.1) is 5.92 Å². The lowest BCUT2D eigenvalue weighted by molar-refractivity contribution is -0.268. The maximum atomic E-state index is 13.0. The van der Waals surface area contributed by atoms with Crippen molar-refractivity contribution in [1.29, 1.82) is 0 Å². The van der Waals surface area contributed by atoms with Crippen LogP contribution >= 0.6 is 11.8 Å². The highest BCUT2D eigenvalue weighted by Gasteiger charge is 2.47. The van der Waals surface area contributed by atoms with E-state index >= 15 is 0 Å². The monoisotopic (exact) mass is 695 g/mol. The van der Waals surface area contributed by atoms with Crippen molar-refractivity contribution in [3.8, 4) is 11.1 Å². The fraction of sp³-hybridized carbons (Fsp3) is 0.371. The van der Waals surface area contributed by atoms with Crippen molar-refractivity contribution >= 4 is 23.6 Å². The number of nitrogens with zero attached hydrogens (tertiary/aromatic N) is 3. The predicted octanol–water partition coefficient (Wildman–Crippen LogP) is 5.72. The maximum Gasteiger partial charge on any atom is 0.471 e. The summed E-state index contributed by atoms with van der Waals surface area (Å²) in [7, 11) is 0. The van der Waals surface area contributed by atoms with Crippen molar-refractivity contribution in [2.75, 3.05) is 12.3 Å². The number of hydrogen-bond donors (Lipinski definition) is 3. The van der Waals surface area contributed by atoms with Gasteiger partial charge in [0.1, 0.15) is 12.4 Å². The number of likely N-dealkylation sites (tertiary alicyclic amines) is 1. The van der Waals surface area contributed by atoms with E-state index in [1.165, 1.54) is 18.1 Å². The Morgan fingerprint density at radius 1 is 1.02 bits per heavy atom. The first-order valence-electron chi connectivity index (χ1n) is 15.9. The minimum absolute atomic E-state index is 0.00961. The molecule has 0 spiro atoms. The quantitative estimate of drug-likeness (QED) is 0.180. The first-order chi connectivity index (χ1) is 23.6. The molecule has 2 amide bonds. The number of aliphatic hydroxyl groups excluding tert-OH is 1. The number of carbonyl (C=O) groups is 2. The largest absolute Gasteiger partial charge is 0.471 e. The zero-order chi connectivity index (χ0) is 34.5. The Hall–Kier alpha value is -4.24. The van der Waals surface area contributed by atoms with E-state index in [-0.39, 0.29) is 44.2 Å². The highest BCUT2D eigenvalue weighted by atomic mass is 32.2. The summed E-state index contributed by atoms with van der Waals surface area (Å²) in [6, 6.07) is 21.8. The van der Waals surface area contributed by atoms with Gasteiger partial charge in [-0.3, -0.25) is 14.7 Å². The number of amides is 2. The topological polar surface area (TPSA) is 130 Å². The van der Waals surface area contributed by atoms with Crippen molar-refractivity contribution in [2.45, 2.75) is 68.8 Å². The lowest BCUT2D eigenvalue weighted by atomic mass is 9.91. The van der Waals surface area contributed by atoms with E-state index in [4.69, 9.17) is 9.47 Å². The van der Waals surface area contributed by atoms with Gasteiger partial charge in [0.2, 0.25) is 5.91 Å². The lowest BCUT2D eigenvalue weighted by Crippen LogP contribution is -2.50. The van der Waals surface area contributed by atoms with E-state index in [9.17, 15) is 27.9 Å². The molecule has 3 aromatic carbocycles. The van der Waals surface area contributed by atoms with Gasteiger partial charge in [0.05, 0.1) is 18.8 Å². The standard InChI is InChI=1S/C35H36F3N5O5S/c1-21-29(19-49-34-40-20-41-42-34)47-32(48-30(21)24-12-10-22(18-44)11-13-24)27-8-3-7-26(16-27)25-6-2-5-23(15-25)17-39-31(45)28-9-4-14-43(28)33(46)35(36,37)38/h2-3,5-8,10-13,15-16,20-21,28-30,32,44H,4,9,14,17-19H2,1H3,(H,39,45)(H,40,41,42)/t21-,28-,29+,30+,32+/m0/s1. The number of carbonyl (C=O) groups excluding carboxylic acids is 2. The molecule has 0 radical (unpaired) electrons. The van der Waals surface area contributed by atoms with Crippen LogP contribution in [0.2, 0.25) is 0 Å². The van der Waals surface area contributed by atoms with Crippen LogP contribution in [-0.2, 0) is 32.2 Å². The molecule has 10 nitrogen and oxygen atoms in total. The number of H-pyrrole nitrogens is 1. The van der Waals surface area contributed by atoms with Gasteiger partial charge in [-0.1, -0.05) is 79.3 Å². The number of thioether (sulfide) groups is 1. The highest BCUT2D eigenvalue weighted by molar-refractivity contribution is 7.99. The molecule has 14 heteroatoms. The molecule has 2 fully saturated rings.